The molecule has 1 heterocycles. The van der Waals surface area contributed by atoms with Gasteiger partial charge in [0.1, 0.15) is 11.5 Å². The zero-order valence-corrected chi connectivity index (χ0v) is 14.6. The van der Waals surface area contributed by atoms with E-state index in [1.54, 1.807) is 30.5 Å². The zero-order chi connectivity index (χ0) is 18.4. The van der Waals surface area contributed by atoms with E-state index in [1.807, 2.05) is 24.3 Å². The lowest BCUT2D eigenvalue weighted by Crippen LogP contribution is -2.15. The lowest BCUT2D eigenvalue weighted by Gasteiger charge is -2.09. The van der Waals surface area contributed by atoms with Crippen LogP contribution < -0.4 is 10.6 Å². The van der Waals surface area contributed by atoms with Crippen molar-refractivity contribution in [3.63, 3.8) is 0 Å². The Hall–Kier alpha value is -2.92. The van der Waals surface area contributed by atoms with Gasteiger partial charge in [0.2, 0.25) is 0 Å². The first-order valence-corrected chi connectivity index (χ1v) is 8.50. The van der Waals surface area contributed by atoms with Gasteiger partial charge < -0.3 is 10.6 Å². The first-order valence-electron chi connectivity index (χ1n) is 8.12. The maximum absolute atomic E-state index is 13.6. The second-order valence-electron chi connectivity index (χ2n) is 5.67. The van der Waals surface area contributed by atoms with E-state index in [2.05, 4.69) is 15.6 Å². The number of hydrogen-bond donors (Lipinski definition) is 2. The largest absolute Gasteiger partial charge is 0.385 e. The third-order valence-corrected chi connectivity index (χ3v) is 4.02. The van der Waals surface area contributed by atoms with Crippen LogP contribution in [0.25, 0.3) is 0 Å². The van der Waals surface area contributed by atoms with Crippen LogP contribution in [0.4, 0.5) is 15.8 Å². The number of amides is 1. The molecule has 1 amide bonds. The molecule has 0 aliphatic heterocycles. The maximum atomic E-state index is 13.6. The Bertz CT molecular complexity index is 900. The average molecular weight is 370 g/mol. The lowest BCUT2D eigenvalue weighted by molar-refractivity contribution is 0.102. The Kier molecular flexibility index (Phi) is 5.81. The normalized spacial score (nSPS) is 10.4. The number of nitrogens with one attached hydrogen (secondary N) is 2. The van der Waals surface area contributed by atoms with Gasteiger partial charge in [0.15, 0.2) is 0 Å². The Balaban J connectivity index is 1.59. The summed E-state index contributed by atoms with van der Waals surface area (Å²) in [6.07, 6.45) is 2.36. The number of anilines is 2. The molecule has 1 aromatic heterocycles. The average Bonchev–Trinajstić information content (AvgIpc) is 2.65. The van der Waals surface area contributed by atoms with Crippen LogP contribution in [0.15, 0.2) is 66.9 Å². The van der Waals surface area contributed by atoms with Crippen molar-refractivity contribution in [2.45, 2.75) is 6.42 Å². The van der Waals surface area contributed by atoms with Gasteiger partial charge in [-0.25, -0.2) is 4.39 Å². The van der Waals surface area contributed by atoms with E-state index in [4.69, 9.17) is 11.6 Å². The Morgan fingerprint density at radius 2 is 1.85 bits per heavy atom. The fourth-order valence-corrected chi connectivity index (χ4v) is 2.54. The molecule has 0 bridgehead atoms. The summed E-state index contributed by atoms with van der Waals surface area (Å²) in [4.78, 5) is 16.3. The molecule has 3 rings (SSSR count). The highest BCUT2D eigenvalue weighted by Gasteiger charge is 2.10. The van der Waals surface area contributed by atoms with Crippen LogP contribution in [0.3, 0.4) is 0 Å². The van der Waals surface area contributed by atoms with Crippen LogP contribution in [-0.2, 0) is 6.42 Å². The molecule has 2 N–H and O–H groups in total. The molecular weight excluding hydrogens is 353 g/mol. The Morgan fingerprint density at radius 3 is 2.62 bits per heavy atom. The number of aromatic nitrogens is 1. The van der Waals surface area contributed by atoms with Gasteiger partial charge in [-0.2, -0.15) is 0 Å². The lowest BCUT2D eigenvalue weighted by atomic mass is 10.1. The van der Waals surface area contributed by atoms with Crippen LogP contribution in [-0.4, -0.2) is 17.4 Å². The topological polar surface area (TPSA) is 54.0 Å². The molecule has 0 fully saturated rings. The summed E-state index contributed by atoms with van der Waals surface area (Å²) in [5, 5.41) is 6.49. The van der Waals surface area contributed by atoms with Gasteiger partial charge in [-0.15, -0.1) is 0 Å². The standard InChI is InChI=1S/C20H17ClFN3O/c21-15-7-5-14(6-8-15)9-11-23-16-10-12-24-19(13-16)20(26)25-18-4-2-1-3-17(18)22/h1-8,10,12-13H,9,11H2,(H,23,24)(H,25,26). The van der Waals surface area contributed by atoms with Crippen LogP contribution in [0, 0.1) is 5.82 Å². The second-order valence-corrected chi connectivity index (χ2v) is 6.10. The van der Waals surface area contributed by atoms with Crippen LogP contribution in [0.5, 0.6) is 0 Å². The number of halogens is 2. The number of para-hydroxylation sites is 1. The summed E-state index contributed by atoms with van der Waals surface area (Å²) in [5.74, 6) is -0.949. The minimum atomic E-state index is -0.488. The van der Waals surface area contributed by atoms with Crippen molar-refractivity contribution in [3.05, 3.63) is 89.0 Å². The number of carbonyl (C=O) groups excluding carboxylic acids is 1. The smallest absolute Gasteiger partial charge is 0.274 e. The van der Waals surface area contributed by atoms with E-state index >= 15 is 0 Å². The van der Waals surface area contributed by atoms with Crippen molar-refractivity contribution < 1.29 is 9.18 Å². The first kappa shape index (κ1) is 17.9. The summed E-state index contributed by atoms with van der Waals surface area (Å²) >= 11 is 5.87. The molecular formula is C20H17ClFN3O. The number of rotatable bonds is 6. The van der Waals surface area contributed by atoms with Crippen LogP contribution in [0.2, 0.25) is 5.02 Å². The van der Waals surface area contributed by atoms with Gasteiger partial charge in [0.05, 0.1) is 5.69 Å². The van der Waals surface area contributed by atoms with Gasteiger partial charge in [-0.3, -0.25) is 9.78 Å². The molecule has 26 heavy (non-hydrogen) atoms. The summed E-state index contributed by atoms with van der Waals surface area (Å²) in [5.41, 5.74) is 2.27. The molecule has 0 aliphatic rings. The van der Waals surface area contributed by atoms with Crippen molar-refractivity contribution in [1.82, 2.24) is 4.98 Å². The van der Waals surface area contributed by atoms with Crippen molar-refractivity contribution >= 4 is 28.9 Å². The van der Waals surface area contributed by atoms with E-state index in [0.29, 0.717) is 11.6 Å². The molecule has 0 spiro atoms. The van der Waals surface area contributed by atoms with Crippen molar-refractivity contribution in [1.29, 1.82) is 0 Å². The molecule has 4 nitrogen and oxygen atoms in total. The summed E-state index contributed by atoms with van der Waals surface area (Å²) in [6, 6.07) is 17.1. The second kappa shape index (κ2) is 8.45. The third-order valence-electron chi connectivity index (χ3n) is 3.77. The van der Waals surface area contributed by atoms with E-state index in [-0.39, 0.29) is 11.4 Å². The fourth-order valence-electron chi connectivity index (χ4n) is 2.42. The highest BCUT2D eigenvalue weighted by molar-refractivity contribution is 6.30. The zero-order valence-electron chi connectivity index (χ0n) is 13.9. The number of benzene rings is 2. The van der Waals surface area contributed by atoms with E-state index in [1.165, 1.54) is 12.1 Å². The Morgan fingerprint density at radius 1 is 1.08 bits per heavy atom. The number of pyridine rings is 1. The fraction of sp³-hybridized carbons (Fsp3) is 0.100. The summed E-state index contributed by atoms with van der Waals surface area (Å²) in [7, 11) is 0. The summed E-state index contributed by atoms with van der Waals surface area (Å²) in [6.45, 7) is 0.694. The Labute approximate surface area is 156 Å². The van der Waals surface area contributed by atoms with E-state index in [0.717, 1.165) is 17.7 Å². The van der Waals surface area contributed by atoms with Gasteiger partial charge in [-0.05, 0) is 48.4 Å². The predicted octanol–water partition coefficient (Wildman–Crippen LogP) is 4.78. The summed E-state index contributed by atoms with van der Waals surface area (Å²) < 4.78 is 13.6. The molecule has 0 saturated heterocycles. The number of hydrogen-bond acceptors (Lipinski definition) is 3. The van der Waals surface area contributed by atoms with Crippen molar-refractivity contribution in [2.24, 2.45) is 0 Å². The van der Waals surface area contributed by atoms with Crippen LogP contribution in [0.1, 0.15) is 16.1 Å². The predicted molar refractivity (Wildman–Crippen MR) is 102 cm³/mol. The number of carbonyl (C=O) groups is 1. The maximum Gasteiger partial charge on any atom is 0.274 e. The molecule has 0 unspecified atom stereocenters. The SMILES string of the molecule is O=C(Nc1ccccc1F)c1cc(NCCc2ccc(Cl)cc2)ccn1. The van der Waals surface area contributed by atoms with Crippen LogP contribution >= 0.6 is 11.6 Å². The molecule has 0 atom stereocenters. The van der Waals surface area contributed by atoms with Crippen molar-refractivity contribution in [3.8, 4) is 0 Å². The minimum Gasteiger partial charge on any atom is -0.385 e. The number of nitrogens with zero attached hydrogens (tertiary/aromatic N) is 1. The monoisotopic (exact) mass is 369 g/mol. The molecule has 0 saturated carbocycles. The van der Waals surface area contributed by atoms with E-state index in [9.17, 15) is 9.18 Å². The van der Waals surface area contributed by atoms with Crippen molar-refractivity contribution in [2.75, 3.05) is 17.2 Å². The molecule has 132 valence electrons. The van der Waals surface area contributed by atoms with E-state index < -0.39 is 11.7 Å². The molecule has 6 heteroatoms. The molecule has 0 radical (unpaired) electrons. The third kappa shape index (κ3) is 4.80. The first-order chi connectivity index (χ1) is 12.6. The molecule has 2 aromatic carbocycles. The van der Waals surface area contributed by atoms with Gasteiger partial charge >= 0.3 is 0 Å². The van der Waals surface area contributed by atoms with Gasteiger partial charge in [0.25, 0.3) is 5.91 Å². The minimum absolute atomic E-state index is 0.125. The van der Waals surface area contributed by atoms with Gasteiger partial charge in [0, 0.05) is 23.5 Å². The highest BCUT2D eigenvalue weighted by atomic mass is 35.5. The van der Waals surface area contributed by atoms with Gasteiger partial charge in [-0.1, -0.05) is 35.9 Å². The molecule has 0 aliphatic carbocycles. The quantitative estimate of drug-likeness (QED) is 0.657. The highest BCUT2D eigenvalue weighted by Crippen LogP contribution is 2.15. The molecule has 3 aromatic rings.